The number of hydrogen-bond donors (Lipinski definition) is 0. The van der Waals surface area contributed by atoms with Crippen LogP contribution in [-0.4, -0.2) is 5.75 Å². The minimum Gasteiger partial charge on any atom is -0.450 e. The number of allylic oxidation sites excluding steroid dienone is 1. The first-order chi connectivity index (χ1) is 6.90. The molecule has 0 unspecified atom stereocenters. The number of fused-ring (bicyclic) bond motifs is 1. The van der Waals surface area contributed by atoms with Gasteiger partial charge in [-0.15, -0.1) is 0 Å². The Hall–Kier alpha value is -1.15. The fourth-order valence-electron chi connectivity index (χ4n) is 1.26. The molecule has 1 heterocycles. The van der Waals surface area contributed by atoms with Crippen LogP contribution in [0.3, 0.4) is 0 Å². The lowest BCUT2D eigenvalue weighted by molar-refractivity contribution is 0.515. The Morgan fingerprint density at radius 2 is 2.21 bits per heavy atom. The fourth-order valence-corrected chi connectivity index (χ4v) is 2.07. The standard InChI is InChI=1S/C12H12OS/c1-2-3-8-14-12-9-10-6-4-5-7-11(10)13-12/h2-7,9H,8H2,1H3. The van der Waals surface area contributed by atoms with E-state index >= 15 is 0 Å². The zero-order chi connectivity index (χ0) is 9.80. The molecule has 14 heavy (non-hydrogen) atoms. The van der Waals surface area contributed by atoms with Gasteiger partial charge in [0, 0.05) is 11.1 Å². The van der Waals surface area contributed by atoms with Crippen molar-refractivity contribution >= 4 is 22.7 Å². The van der Waals surface area contributed by atoms with Gasteiger partial charge in [-0.1, -0.05) is 42.1 Å². The van der Waals surface area contributed by atoms with Crippen molar-refractivity contribution in [1.29, 1.82) is 0 Å². The predicted octanol–water partition coefficient (Wildman–Crippen LogP) is 4.10. The van der Waals surface area contributed by atoms with Crippen molar-refractivity contribution in [3.8, 4) is 0 Å². The van der Waals surface area contributed by atoms with Gasteiger partial charge >= 0.3 is 0 Å². The van der Waals surface area contributed by atoms with Crippen molar-refractivity contribution in [2.45, 2.75) is 12.0 Å². The highest BCUT2D eigenvalue weighted by Gasteiger charge is 2.01. The van der Waals surface area contributed by atoms with Gasteiger partial charge in [-0.2, -0.15) is 0 Å². The third kappa shape index (κ3) is 2.02. The van der Waals surface area contributed by atoms with E-state index in [1.807, 2.05) is 25.1 Å². The first-order valence-electron chi connectivity index (χ1n) is 4.62. The van der Waals surface area contributed by atoms with Gasteiger partial charge in [-0.05, 0) is 19.1 Å². The second kappa shape index (κ2) is 4.38. The first kappa shape index (κ1) is 9.41. The lowest BCUT2D eigenvalue weighted by Crippen LogP contribution is -1.67. The molecule has 2 rings (SSSR count). The Morgan fingerprint density at radius 3 is 3.00 bits per heavy atom. The lowest BCUT2D eigenvalue weighted by Gasteiger charge is -1.89. The maximum Gasteiger partial charge on any atom is 0.161 e. The highest BCUT2D eigenvalue weighted by atomic mass is 32.2. The number of thioether (sulfide) groups is 1. The maximum absolute atomic E-state index is 5.64. The van der Waals surface area contributed by atoms with E-state index in [0.29, 0.717) is 0 Å². The van der Waals surface area contributed by atoms with E-state index in [-0.39, 0.29) is 0 Å². The van der Waals surface area contributed by atoms with Gasteiger partial charge in [0.25, 0.3) is 0 Å². The second-order valence-electron chi connectivity index (χ2n) is 2.98. The summed E-state index contributed by atoms with van der Waals surface area (Å²) in [6.45, 7) is 2.03. The summed E-state index contributed by atoms with van der Waals surface area (Å²) < 4.78 is 5.64. The minimum atomic E-state index is 0.968. The third-order valence-electron chi connectivity index (χ3n) is 1.96. The summed E-state index contributed by atoms with van der Waals surface area (Å²) in [5.41, 5.74) is 0.968. The van der Waals surface area contributed by atoms with Crippen LogP contribution < -0.4 is 0 Å². The quantitative estimate of drug-likeness (QED) is 0.551. The molecular weight excluding hydrogens is 192 g/mol. The van der Waals surface area contributed by atoms with E-state index in [0.717, 1.165) is 16.4 Å². The molecule has 1 nitrogen and oxygen atoms in total. The number of hydrogen-bond acceptors (Lipinski definition) is 2. The summed E-state index contributed by atoms with van der Waals surface area (Å²) in [6.07, 6.45) is 4.17. The molecule has 1 aromatic carbocycles. The molecule has 0 fully saturated rings. The monoisotopic (exact) mass is 204 g/mol. The minimum absolute atomic E-state index is 0.968. The molecule has 0 spiro atoms. The van der Waals surface area contributed by atoms with Crippen LogP contribution in [0.2, 0.25) is 0 Å². The summed E-state index contributed by atoms with van der Waals surface area (Å²) in [7, 11) is 0. The topological polar surface area (TPSA) is 13.1 Å². The van der Waals surface area contributed by atoms with Crippen molar-refractivity contribution in [3.63, 3.8) is 0 Å². The van der Waals surface area contributed by atoms with Gasteiger partial charge in [0.2, 0.25) is 0 Å². The molecule has 0 atom stereocenters. The number of rotatable bonds is 3. The number of para-hydroxylation sites is 1. The van der Waals surface area contributed by atoms with Crippen molar-refractivity contribution in [1.82, 2.24) is 0 Å². The third-order valence-corrected chi connectivity index (χ3v) is 2.81. The molecule has 0 aliphatic carbocycles. The van der Waals surface area contributed by atoms with E-state index < -0.39 is 0 Å². The molecular formula is C12H12OS. The summed E-state index contributed by atoms with van der Waals surface area (Å²) in [5, 5.41) is 2.17. The van der Waals surface area contributed by atoms with Crippen LogP contribution in [0.25, 0.3) is 11.0 Å². The van der Waals surface area contributed by atoms with Crippen molar-refractivity contribution in [2.24, 2.45) is 0 Å². The summed E-state index contributed by atoms with van der Waals surface area (Å²) in [5.74, 6) is 0.969. The van der Waals surface area contributed by atoms with Crippen LogP contribution in [0, 0.1) is 0 Å². The van der Waals surface area contributed by atoms with Gasteiger partial charge in [0.1, 0.15) is 5.58 Å². The molecule has 0 saturated carbocycles. The van der Waals surface area contributed by atoms with Gasteiger partial charge < -0.3 is 4.42 Å². The fraction of sp³-hybridized carbons (Fsp3) is 0.167. The molecule has 0 bridgehead atoms. The van der Waals surface area contributed by atoms with Crippen LogP contribution in [0.5, 0.6) is 0 Å². The molecule has 2 heteroatoms. The first-order valence-corrected chi connectivity index (χ1v) is 5.61. The Bertz CT molecular complexity index is 409. The molecule has 0 aliphatic rings. The van der Waals surface area contributed by atoms with E-state index in [4.69, 9.17) is 4.42 Å². The molecule has 2 aromatic rings. The zero-order valence-corrected chi connectivity index (χ0v) is 8.88. The zero-order valence-electron chi connectivity index (χ0n) is 8.07. The lowest BCUT2D eigenvalue weighted by atomic mass is 10.3. The van der Waals surface area contributed by atoms with Crippen molar-refractivity contribution < 1.29 is 4.42 Å². The van der Waals surface area contributed by atoms with E-state index in [2.05, 4.69) is 24.3 Å². The smallest absolute Gasteiger partial charge is 0.161 e. The number of benzene rings is 1. The summed E-state index contributed by atoms with van der Waals surface area (Å²) in [4.78, 5) is 0. The molecule has 72 valence electrons. The molecule has 0 saturated heterocycles. The largest absolute Gasteiger partial charge is 0.450 e. The molecule has 0 N–H and O–H groups in total. The highest BCUT2D eigenvalue weighted by molar-refractivity contribution is 7.99. The average molecular weight is 204 g/mol. The van der Waals surface area contributed by atoms with Crippen molar-refractivity contribution in [3.05, 3.63) is 42.5 Å². The van der Waals surface area contributed by atoms with E-state index in [1.165, 1.54) is 5.39 Å². The molecule has 0 radical (unpaired) electrons. The number of furan rings is 1. The Kier molecular flexibility index (Phi) is 2.94. The summed E-state index contributed by atoms with van der Waals surface area (Å²) in [6, 6.07) is 10.2. The normalized spacial score (nSPS) is 11.5. The van der Waals surface area contributed by atoms with Gasteiger partial charge in [-0.25, -0.2) is 0 Å². The van der Waals surface area contributed by atoms with Gasteiger partial charge in [0.15, 0.2) is 5.09 Å². The average Bonchev–Trinajstić information content (AvgIpc) is 2.60. The maximum atomic E-state index is 5.64. The van der Waals surface area contributed by atoms with Gasteiger partial charge in [0.05, 0.1) is 0 Å². The van der Waals surface area contributed by atoms with Crippen molar-refractivity contribution in [2.75, 3.05) is 5.75 Å². The Balaban J connectivity index is 2.18. The van der Waals surface area contributed by atoms with E-state index in [9.17, 15) is 0 Å². The van der Waals surface area contributed by atoms with Crippen LogP contribution in [0.1, 0.15) is 6.92 Å². The van der Waals surface area contributed by atoms with Crippen LogP contribution in [0.4, 0.5) is 0 Å². The molecule has 0 amide bonds. The Morgan fingerprint density at radius 1 is 1.36 bits per heavy atom. The molecule has 0 aliphatic heterocycles. The van der Waals surface area contributed by atoms with Gasteiger partial charge in [-0.3, -0.25) is 0 Å². The highest BCUT2D eigenvalue weighted by Crippen LogP contribution is 2.26. The SMILES string of the molecule is CC=CCSc1cc2ccccc2o1. The van der Waals surface area contributed by atoms with Crippen LogP contribution in [-0.2, 0) is 0 Å². The predicted molar refractivity (Wildman–Crippen MR) is 61.8 cm³/mol. The van der Waals surface area contributed by atoms with Crippen LogP contribution in [0.15, 0.2) is 52.0 Å². The Labute approximate surface area is 87.8 Å². The van der Waals surface area contributed by atoms with Crippen LogP contribution >= 0.6 is 11.8 Å². The second-order valence-corrected chi connectivity index (χ2v) is 4.01. The van der Waals surface area contributed by atoms with E-state index in [1.54, 1.807) is 11.8 Å². The molecule has 1 aromatic heterocycles. The summed E-state index contributed by atoms with van der Waals surface area (Å²) >= 11 is 1.72.